The van der Waals surface area contributed by atoms with Crippen LogP contribution in [0.1, 0.15) is 23.1 Å². The van der Waals surface area contributed by atoms with Crippen molar-refractivity contribution in [1.29, 1.82) is 0 Å². The molecular weight excluding hydrogens is 584 g/mol. The van der Waals surface area contributed by atoms with Gasteiger partial charge in [-0.3, -0.25) is 9.78 Å². The molecule has 3 aromatic carbocycles. The van der Waals surface area contributed by atoms with E-state index in [9.17, 15) is 4.79 Å². The van der Waals surface area contributed by atoms with Crippen LogP contribution in [0.25, 0.3) is 20.7 Å². The second kappa shape index (κ2) is 14.6. The number of nitrogens with zero attached hydrogens (tertiary/aromatic N) is 1. The van der Waals surface area contributed by atoms with Crippen LogP contribution in [0, 0.1) is 5.82 Å². The highest BCUT2D eigenvalue weighted by molar-refractivity contribution is 7.98. The zero-order chi connectivity index (χ0) is 29.3. The van der Waals surface area contributed by atoms with E-state index >= 15 is 4.39 Å². The number of hydrogen-bond acceptors (Lipinski definition) is 7. The number of rotatable bonds is 14. The fourth-order valence-corrected chi connectivity index (χ4v) is 6.33. The first-order chi connectivity index (χ1) is 20.5. The van der Waals surface area contributed by atoms with Crippen molar-refractivity contribution in [2.24, 2.45) is 0 Å². The van der Waals surface area contributed by atoms with Gasteiger partial charge in [-0.05, 0) is 46.7 Å². The maximum absolute atomic E-state index is 15.1. The van der Waals surface area contributed by atoms with Crippen molar-refractivity contribution >= 4 is 56.2 Å². The second-order valence-corrected chi connectivity index (χ2v) is 12.6. The number of Topliss-reactive ketones (excluding diaryl/α,β-unsaturated/α-hetero) is 1. The summed E-state index contributed by atoms with van der Waals surface area (Å²) >= 11 is 8.86. The molecule has 4 nitrogen and oxygen atoms in total. The Morgan fingerprint density at radius 2 is 1.74 bits per heavy atom. The van der Waals surface area contributed by atoms with Crippen molar-refractivity contribution in [2.45, 2.75) is 25.8 Å². The van der Waals surface area contributed by atoms with Gasteiger partial charge in [-0.2, -0.15) is 11.8 Å². The van der Waals surface area contributed by atoms with Crippen LogP contribution in [0.3, 0.4) is 0 Å². The van der Waals surface area contributed by atoms with Crippen molar-refractivity contribution in [3.8, 4) is 21.9 Å². The Morgan fingerprint density at radius 3 is 2.50 bits per heavy atom. The lowest BCUT2D eigenvalue weighted by molar-refractivity contribution is -0.117. The topological polar surface area (TPSA) is 51.2 Å². The summed E-state index contributed by atoms with van der Waals surface area (Å²) in [5, 5.41) is 3.45. The Bertz CT molecular complexity index is 1670. The van der Waals surface area contributed by atoms with Gasteiger partial charge in [0, 0.05) is 60.1 Å². The highest BCUT2D eigenvalue weighted by Crippen LogP contribution is 2.39. The third kappa shape index (κ3) is 8.10. The molecule has 0 bridgehead atoms. The number of nitrogens with one attached hydrogen (secondary N) is 1. The average molecular weight is 615 g/mol. The van der Waals surface area contributed by atoms with Gasteiger partial charge in [0.2, 0.25) is 0 Å². The maximum atomic E-state index is 15.1. The minimum atomic E-state index is -0.477. The summed E-state index contributed by atoms with van der Waals surface area (Å²) in [6.45, 7) is 1.83. The van der Waals surface area contributed by atoms with Crippen molar-refractivity contribution in [2.75, 3.05) is 18.6 Å². The van der Waals surface area contributed by atoms with Crippen LogP contribution < -0.4 is 10.1 Å². The zero-order valence-corrected chi connectivity index (χ0v) is 25.7. The summed E-state index contributed by atoms with van der Waals surface area (Å²) in [7, 11) is 0. The molecule has 5 aromatic rings. The molecule has 0 amide bonds. The molecule has 0 fully saturated rings. The number of ketones is 1. The van der Waals surface area contributed by atoms with Crippen LogP contribution >= 0.6 is 35.3 Å². The number of thiophene rings is 1. The van der Waals surface area contributed by atoms with Gasteiger partial charge >= 0.3 is 0 Å². The second-order valence-electron chi connectivity index (χ2n) is 9.96. The number of fused-ring (bicyclic) bond motifs is 1. The molecule has 0 radical (unpaired) electrons. The minimum Gasteiger partial charge on any atom is -0.453 e. The SMILES string of the molecule is CSCCNCc1ccc(-c2cc3nccc(Oc4ccc(CC(=S)CC(=O)Cc5ccccc5)cc4F)c3s2)cc1. The Hall–Kier alpha value is -3.43. The minimum absolute atomic E-state index is 0.0539. The van der Waals surface area contributed by atoms with E-state index < -0.39 is 5.82 Å². The summed E-state index contributed by atoms with van der Waals surface area (Å²) < 4.78 is 22.0. The van der Waals surface area contributed by atoms with Gasteiger partial charge < -0.3 is 10.1 Å². The molecule has 0 aliphatic carbocycles. The van der Waals surface area contributed by atoms with Crippen LogP contribution in [0.15, 0.2) is 91.1 Å². The number of carbonyl (C=O) groups excluding carboxylic acids is 1. The first kappa shape index (κ1) is 30.0. The summed E-state index contributed by atoms with van der Waals surface area (Å²) in [4.78, 5) is 18.6. The van der Waals surface area contributed by atoms with Crippen molar-refractivity contribution in [3.05, 3.63) is 114 Å². The van der Waals surface area contributed by atoms with Crippen LogP contribution in [0.4, 0.5) is 4.39 Å². The van der Waals surface area contributed by atoms with E-state index in [0.29, 0.717) is 29.0 Å². The van der Waals surface area contributed by atoms with E-state index in [4.69, 9.17) is 17.0 Å². The van der Waals surface area contributed by atoms with Crippen LogP contribution in [0.5, 0.6) is 11.5 Å². The number of thiocarbonyl (C=S) groups is 1. The maximum Gasteiger partial charge on any atom is 0.166 e. The predicted molar refractivity (Wildman–Crippen MR) is 178 cm³/mol. The molecule has 42 heavy (non-hydrogen) atoms. The van der Waals surface area contributed by atoms with Gasteiger partial charge in [0.15, 0.2) is 11.6 Å². The number of pyridine rings is 1. The highest BCUT2D eigenvalue weighted by atomic mass is 32.2. The lowest BCUT2D eigenvalue weighted by atomic mass is 10.0. The largest absolute Gasteiger partial charge is 0.453 e. The first-order valence-electron chi connectivity index (χ1n) is 13.7. The quantitative estimate of drug-likeness (QED) is 0.100. The average Bonchev–Trinajstić information content (AvgIpc) is 3.43. The zero-order valence-electron chi connectivity index (χ0n) is 23.3. The summed E-state index contributed by atoms with van der Waals surface area (Å²) in [6.07, 6.45) is 4.67. The Kier molecular flexibility index (Phi) is 10.5. The monoisotopic (exact) mass is 614 g/mol. The van der Waals surface area contributed by atoms with E-state index in [1.54, 1.807) is 35.7 Å². The molecule has 214 valence electrons. The number of ether oxygens (including phenoxy) is 1. The normalized spacial score (nSPS) is 11.1. The third-order valence-corrected chi connectivity index (χ3v) is 8.77. The van der Waals surface area contributed by atoms with E-state index in [2.05, 4.69) is 40.8 Å². The van der Waals surface area contributed by atoms with E-state index in [-0.39, 0.29) is 18.0 Å². The van der Waals surface area contributed by atoms with E-state index in [0.717, 1.165) is 45.1 Å². The van der Waals surface area contributed by atoms with Crippen LogP contribution in [-0.2, 0) is 24.2 Å². The number of hydrogen-bond donors (Lipinski definition) is 1. The molecule has 0 aliphatic heterocycles. The van der Waals surface area contributed by atoms with Gasteiger partial charge in [0.1, 0.15) is 11.5 Å². The Balaban J connectivity index is 1.23. The summed E-state index contributed by atoms with van der Waals surface area (Å²) in [6, 6.07) is 26.7. The molecule has 0 saturated heterocycles. The number of carbonyl (C=O) groups is 1. The highest BCUT2D eigenvalue weighted by Gasteiger charge is 2.14. The molecule has 0 unspecified atom stereocenters. The number of thioether (sulfide) groups is 1. The lowest BCUT2D eigenvalue weighted by Crippen LogP contribution is -2.16. The van der Waals surface area contributed by atoms with Crippen molar-refractivity contribution in [1.82, 2.24) is 10.3 Å². The van der Waals surface area contributed by atoms with Gasteiger partial charge in [-0.1, -0.05) is 72.9 Å². The molecule has 0 aliphatic rings. The smallest absolute Gasteiger partial charge is 0.166 e. The van der Waals surface area contributed by atoms with Gasteiger partial charge in [0.25, 0.3) is 0 Å². The molecule has 1 N–H and O–H groups in total. The fourth-order valence-electron chi connectivity index (χ4n) is 4.58. The molecule has 5 rings (SSSR count). The standard InChI is InChI=1S/C34H31FN2O2S3/c1-41-16-15-36-22-24-7-10-26(11-8-24)33-21-30-34(42-33)32(13-14-37-30)39-31-12-9-25(19-29(31)35)18-28(40)20-27(38)17-23-5-3-2-4-6-23/h2-14,19,21,36H,15-18,20,22H2,1H3. The third-order valence-electron chi connectivity index (χ3n) is 6.68. The van der Waals surface area contributed by atoms with Gasteiger partial charge in [-0.25, -0.2) is 4.39 Å². The number of aromatic nitrogens is 1. The lowest BCUT2D eigenvalue weighted by Gasteiger charge is -2.10. The van der Waals surface area contributed by atoms with E-state index in [1.807, 2.05) is 48.2 Å². The number of halogens is 1. The number of benzene rings is 3. The predicted octanol–water partition coefficient (Wildman–Crippen LogP) is 8.46. The summed E-state index contributed by atoms with van der Waals surface area (Å²) in [5.41, 5.74) is 4.81. The molecule has 8 heteroatoms. The molecular formula is C34H31FN2O2S3. The van der Waals surface area contributed by atoms with Crippen LogP contribution in [-0.4, -0.2) is 34.2 Å². The molecule has 0 atom stereocenters. The summed E-state index contributed by atoms with van der Waals surface area (Å²) in [5.74, 6) is 1.36. The molecule has 0 saturated carbocycles. The Labute approximate surface area is 259 Å². The molecule has 2 heterocycles. The van der Waals surface area contributed by atoms with E-state index in [1.165, 1.54) is 11.6 Å². The fraction of sp³-hybridized carbons (Fsp3) is 0.206. The van der Waals surface area contributed by atoms with Gasteiger partial charge in [0.05, 0.1) is 10.2 Å². The van der Waals surface area contributed by atoms with Crippen molar-refractivity contribution < 1.29 is 13.9 Å². The van der Waals surface area contributed by atoms with Crippen molar-refractivity contribution in [3.63, 3.8) is 0 Å². The van der Waals surface area contributed by atoms with Gasteiger partial charge in [-0.15, -0.1) is 11.3 Å². The van der Waals surface area contributed by atoms with Crippen LogP contribution in [0.2, 0.25) is 0 Å². The Morgan fingerprint density at radius 1 is 0.952 bits per heavy atom. The first-order valence-corrected chi connectivity index (χ1v) is 16.3. The molecule has 2 aromatic heterocycles. The molecule has 0 spiro atoms.